The zero-order valence-corrected chi connectivity index (χ0v) is 11.7. The molecule has 1 aliphatic carbocycles. The van der Waals surface area contributed by atoms with Gasteiger partial charge >= 0.3 is 0 Å². The first-order valence-corrected chi connectivity index (χ1v) is 7.45. The van der Waals surface area contributed by atoms with Crippen LogP contribution in [0.25, 0.3) is 0 Å². The van der Waals surface area contributed by atoms with Gasteiger partial charge in [0.15, 0.2) is 0 Å². The summed E-state index contributed by atoms with van der Waals surface area (Å²) in [5.74, 6) is 0.0698. The second-order valence-corrected chi connectivity index (χ2v) is 5.58. The van der Waals surface area contributed by atoms with Crippen molar-refractivity contribution < 1.29 is 14.3 Å². The van der Waals surface area contributed by atoms with Gasteiger partial charge in [-0.25, -0.2) is 0 Å². The maximum absolute atomic E-state index is 12.1. The molecule has 0 unspecified atom stereocenters. The third-order valence-corrected chi connectivity index (χ3v) is 4.25. The maximum Gasteiger partial charge on any atom is 0.248 e. The summed E-state index contributed by atoms with van der Waals surface area (Å²) >= 11 is 0. The number of hydrogen-bond acceptors (Lipinski definition) is 4. The Bertz CT molecular complexity index is 282. The third-order valence-electron chi connectivity index (χ3n) is 4.25. The Balaban J connectivity index is 1.82. The van der Waals surface area contributed by atoms with E-state index in [1.165, 1.54) is 12.8 Å². The van der Waals surface area contributed by atoms with Gasteiger partial charge in [0.05, 0.1) is 18.8 Å². The van der Waals surface area contributed by atoms with Crippen LogP contribution in [0.15, 0.2) is 0 Å². The molecular formula is C14H26N2O3. The summed E-state index contributed by atoms with van der Waals surface area (Å²) in [5, 5.41) is 0. The van der Waals surface area contributed by atoms with Crippen molar-refractivity contribution in [3.8, 4) is 0 Å². The van der Waals surface area contributed by atoms with E-state index in [9.17, 15) is 4.79 Å². The van der Waals surface area contributed by atoms with E-state index in [1.54, 1.807) is 0 Å². The van der Waals surface area contributed by atoms with Gasteiger partial charge in [-0.1, -0.05) is 25.7 Å². The topological polar surface area (TPSA) is 64.8 Å². The molecule has 1 saturated heterocycles. The van der Waals surface area contributed by atoms with Gasteiger partial charge in [-0.15, -0.1) is 0 Å². The average Bonchev–Trinajstić information content (AvgIpc) is 2.72. The Kier molecular flexibility index (Phi) is 5.60. The number of ether oxygens (including phenoxy) is 2. The molecule has 19 heavy (non-hydrogen) atoms. The number of carbonyl (C=O) groups is 1. The lowest BCUT2D eigenvalue weighted by Crippen LogP contribution is -2.46. The first-order chi connectivity index (χ1) is 9.26. The van der Waals surface area contributed by atoms with Crippen LogP contribution < -0.4 is 5.73 Å². The van der Waals surface area contributed by atoms with Gasteiger partial charge in [-0.05, 0) is 12.8 Å². The number of carbonyl (C=O) groups excluding carboxylic acids is 1. The van der Waals surface area contributed by atoms with Crippen LogP contribution >= 0.6 is 0 Å². The van der Waals surface area contributed by atoms with Gasteiger partial charge in [0.2, 0.25) is 5.91 Å². The molecule has 0 aromatic rings. The Labute approximate surface area is 115 Å². The molecule has 5 nitrogen and oxygen atoms in total. The van der Waals surface area contributed by atoms with E-state index < -0.39 is 0 Å². The molecule has 1 heterocycles. The fraction of sp³-hybridized carbons (Fsp3) is 0.929. The molecule has 0 radical (unpaired) electrons. The highest BCUT2D eigenvalue weighted by Crippen LogP contribution is 2.29. The summed E-state index contributed by atoms with van der Waals surface area (Å²) in [6.07, 6.45) is 6.79. The molecule has 1 saturated carbocycles. The van der Waals surface area contributed by atoms with Crippen LogP contribution in [0.3, 0.4) is 0 Å². The predicted molar refractivity (Wildman–Crippen MR) is 72.8 cm³/mol. The normalized spacial score (nSPS) is 23.9. The van der Waals surface area contributed by atoms with E-state index in [-0.39, 0.29) is 18.1 Å². The van der Waals surface area contributed by atoms with E-state index in [1.807, 2.05) is 4.90 Å². The first-order valence-electron chi connectivity index (χ1n) is 7.45. The van der Waals surface area contributed by atoms with Gasteiger partial charge in [-0.2, -0.15) is 0 Å². The van der Waals surface area contributed by atoms with Crippen molar-refractivity contribution in [3.63, 3.8) is 0 Å². The van der Waals surface area contributed by atoms with E-state index in [2.05, 4.69) is 0 Å². The van der Waals surface area contributed by atoms with E-state index >= 15 is 0 Å². The number of morpholine rings is 1. The number of amides is 1. The molecule has 0 aromatic heterocycles. The molecule has 2 rings (SSSR count). The van der Waals surface area contributed by atoms with E-state index in [4.69, 9.17) is 15.2 Å². The first kappa shape index (κ1) is 14.8. The summed E-state index contributed by atoms with van der Waals surface area (Å²) in [4.78, 5) is 13.9. The van der Waals surface area contributed by atoms with E-state index in [0.717, 1.165) is 25.7 Å². The zero-order valence-electron chi connectivity index (χ0n) is 11.7. The summed E-state index contributed by atoms with van der Waals surface area (Å²) in [6, 6.07) is 0. The molecule has 0 spiro atoms. The lowest BCUT2D eigenvalue weighted by molar-refractivity contribution is -0.148. The lowest BCUT2D eigenvalue weighted by atomic mass is 9.94. The Morgan fingerprint density at radius 1 is 1.16 bits per heavy atom. The quantitative estimate of drug-likeness (QED) is 0.771. The molecule has 5 heteroatoms. The molecule has 0 atom stereocenters. The van der Waals surface area contributed by atoms with Crippen molar-refractivity contribution >= 4 is 5.91 Å². The highest BCUT2D eigenvalue weighted by molar-refractivity contribution is 5.77. The molecule has 0 aromatic carbocycles. The second kappa shape index (κ2) is 7.22. The molecule has 110 valence electrons. The molecule has 1 amide bonds. The van der Waals surface area contributed by atoms with Crippen molar-refractivity contribution in [1.82, 2.24) is 4.90 Å². The number of nitrogens with zero attached hydrogens (tertiary/aromatic N) is 1. The Hall–Kier alpha value is -0.650. The monoisotopic (exact) mass is 270 g/mol. The van der Waals surface area contributed by atoms with Crippen LogP contribution in [-0.2, 0) is 14.3 Å². The Morgan fingerprint density at radius 3 is 2.37 bits per heavy atom. The van der Waals surface area contributed by atoms with Crippen molar-refractivity contribution in [1.29, 1.82) is 0 Å². The number of hydrogen-bond donors (Lipinski definition) is 1. The van der Waals surface area contributed by atoms with Gasteiger partial charge in [0.25, 0.3) is 0 Å². The van der Waals surface area contributed by atoms with Crippen molar-refractivity contribution in [3.05, 3.63) is 0 Å². The molecule has 2 aliphatic rings. The smallest absolute Gasteiger partial charge is 0.248 e. The standard InChI is InChI=1S/C14H26N2O3/c15-12-14(5-3-1-2-4-6-14)19-11-13(17)16-7-9-18-10-8-16/h1-12,15H2. The maximum atomic E-state index is 12.1. The van der Waals surface area contributed by atoms with Crippen LogP contribution in [0.2, 0.25) is 0 Å². The highest BCUT2D eigenvalue weighted by atomic mass is 16.5. The Morgan fingerprint density at radius 2 is 1.79 bits per heavy atom. The lowest BCUT2D eigenvalue weighted by Gasteiger charge is -2.33. The number of rotatable bonds is 4. The zero-order chi connectivity index (χ0) is 13.6. The third kappa shape index (κ3) is 4.16. The molecule has 2 N–H and O–H groups in total. The predicted octanol–water partition coefficient (Wildman–Crippen LogP) is 0.913. The minimum Gasteiger partial charge on any atom is -0.378 e. The average molecular weight is 270 g/mol. The summed E-state index contributed by atoms with van der Waals surface area (Å²) < 4.78 is 11.2. The fourth-order valence-electron chi connectivity index (χ4n) is 2.90. The van der Waals surface area contributed by atoms with Crippen LogP contribution in [0, 0.1) is 0 Å². The molecule has 1 aliphatic heterocycles. The number of nitrogens with two attached hydrogens (primary N) is 1. The van der Waals surface area contributed by atoms with Gasteiger partial charge in [0, 0.05) is 19.6 Å². The van der Waals surface area contributed by atoms with Crippen LogP contribution in [0.4, 0.5) is 0 Å². The summed E-state index contributed by atoms with van der Waals surface area (Å²) in [6.45, 7) is 3.30. The van der Waals surface area contributed by atoms with Crippen molar-refractivity contribution in [2.24, 2.45) is 5.73 Å². The van der Waals surface area contributed by atoms with Crippen molar-refractivity contribution in [2.45, 2.75) is 44.1 Å². The van der Waals surface area contributed by atoms with Crippen molar-refractivity contribution in [2.75, 3.05) is 39.5 Å². The van der Waals surface area contributed by atoms with Crippen LogP contribution in [0.1, 0.15) is 38.5 Å². The SMILES string of the molecule is NCC1(OCC(=O)N2CCOCC2)CCCCCC1. The minimum atomic E-state index is -0.265. The van der Waals surface area contributed by atoms with Gasteiger partial charge in [-0.3, -0.25) is 4.79 Å². The van der Waals surface area contributed by atoms with Gasteiger partial charge < -0.3 is 20.1 Å². The summed E-state index contributed by atoms with van der Waals surface area (Å²) in [7, 11) is 0. The largest absolute Gasteiger partial charge is 0.378 e. The fourth-order valence-corrected chi connectivity index (χ4v) is 2.90. The molecular weight excluding hydrogens is 244 g/mol. The molecule has 2 fully saturated rings. The minimum absolute atomic E-state index is 0.0698. The summed E-state index contributed by atoms with van der Waals surface area (Å²) in [5.41, 5.74) is 5.64. The molecule has 0 bridgehead atoms. The van der Waals surface area contributed by atoms with Crippen LogP contribution in [-0.4, -0.2) is 55.9 Å². The second-order valence-electron chi connectivity index (χ2n) is 5.58. The van der Waals surface area contributed by atoms with E-state index in [0.29, 0.717) is 32.8 Å². The van der Waals surface area contributed by atoms with Crippen LogP contribution in [0.5, 0.6) is 0 Å². The highest BCUT2D eigenvalue weighted by Gasteiger charge is 2.31. The van der Waals surface area contributed by atoms with Gasteiger partial charge in [0.1, 0.15) is 6.61 Å².